The summed E-state index contributed by atoms with van der Waals surface area (Å²) >= 11 is 9.57. The van der Waals surface area contributed by atoms with Crippen molar-refractivity contribution in [3.05, 3.63) is 51.6 Å². The zero-order chi connectivity index (χ0) is 15.2. The summed E-state index contributed by atoms with van der Waals surface area (Å²) in [5, 5.41) is 3.97. The Morgan fingerprint density at radius 1 is 1.33 bits per heavy atom. The van der Waals surface area contributed by atoms with Gasteiger partial charge in [0, 0.05) is 22.8 Å². The van der Waals surface area contributed by atoms with E-state index in [0.29, 0.717) is 29.1 Å². The number of rotatable bonds is 6. The van der Waals surface area contributed by atoms with E-state index in [0.717, 1.165) is 16.6 Å². The van der Waals surface area contributed by atoms with Gasteiger partial charge in [0.15, 0.2) is 0 Å². The quantitative estimate of drug-likeness (QED) is 0.775. The Morgan fingerprint density at radius 2 is 2.10 bits per heavy atom. The first kappa shape index (κ1) is 16.3. The Kier molecular flexibility index (Phi) is 6.03. The van der Waals surface area contributed by atoms with Gasteiger partial charge in [0.25, 0.3) is 0 Å². The molecule has 21 heavy (non-hydrogen) atoms. The average Bonchev–Trinajstić information content (AvgIpc) is 2.43. The normalized spacial score (nSPS) is 10.9. The number of hydrogen-bond donors (Lipinski definition) is 1. The molecule has 2 rings (SSSR count). The molecule has 0 aliphatic heterocycles. The molecule has 3 nitrogen and oxygen atoms in total. The second-order valence-electron chi connectivity index (χ2n) is 5.18. The molecule has 0 unspecified atom stereocenters. The topological polar surface area (TPSA) is 34.2 Å². The third-order valence-corrected chi connectivity index (χ3v) is 3.55. The van der Waals surface area contributed by atoms with Gasteiger partial charge in [0.05, 0.1) is 5.02 Å². The molecule has 0 aliphatic rings. The Morgan fingerprint density at radius 3 is 2.81 bits per heavy atom. The molecule has 5 heteroatoms. The number of halogens is 2. The molecule has 112 valence electrons. The second kappa shape index (κ2) is 7.78. The number of hydrogen-bond acceptors (Lipinski definition) is 3. The summed E-state index contributed by atoms with van der Waals surface area (Å²) in [6.07, 6.45) is 1.72. The highest BCUT2D eigenvalue weighted by Gasteiger charge is 2.10. The van der Waals surface area contributed by atoms with Gasteiger partial charge < -0.3 is 10.1 Å². The third-order valence-electron chi connectivity index (χ3n) is 2.80. The Labute approximate surface area is 138 Å². The fourth-order valence-electron chi connectivity index (χ4n) is 1.81. The molecule has 1 aromatic heterocycles. The van der Waals surface area contributed by atoms with Gasteiger partial charge in [-0.3, -0.25) is 0 Å². The van der Waals surface area contributed by atoms with E-state index in [9.17, 15) is 0 Å². The summed E-state index contributed by atoms with van der Waals surface area (Å²) in [4.78, 5) is 4.34. The monoisotopic (exact) mass is 368 g/mol. The smallest absolute Gasteiger partial charge is 0.223 e. The average molecular weight is 370 g/mol. The number of nitrogens with zero attached hydrogens (tertiary/aromatic N) is 1. The van der Waals surface area contributed by atoms with E-state index >= 15 is 0 Å². The predicted octanol–water partition coefficient (Wildman–Crippen LogP) is 5.04. The molecule has 0 amide bonds. The number of para-hydroxylation sites is 1. The predicted molar refractivity (Wildman–Crippen MR) is 90.0 cm³/mol. The fraction of sp³-hybridized carbons (Fsp3) is 0.312. The maximum Gasteiger partial charge on any atom is 0.223 e. The third kappa shape index (κ3) is 4.99. The van der Waals surface area contributed by atoms with Crippen LogP contribution in [-0.2, 0) is 6.54 Å². The standard InChI is InChI=1S/C16H18BrClN2O/c1-11(2)8-19-9-12-7-13(17)10-20-16(12)21-15-6-4-3-5-14(15)18/h3-7,10-11,19H,8-9H2,1-2H3. The van der Waals surface area contributed by atoms with Crippen LogP contribution in [0.25, 0.3) is 0 Å². The van der Waals surface area contributed by atoms with Crippen molar-refractivity contribution < 1.29 is 4.74 Å². The highest BCUT2D eigenvalue weighted by molar-refractivity contribution is 9.10. The minimum Gasteiger partial charge on any atom is -0.437 e. The number of pyridine rings is 1. The lowest BCUT2D eigenvalue weighted by Crippen LogP contribution is -2.19. The molecule has 0 saturated heterocycles. The van der Waals surface area contributed by atoms with Gasteiger partial charge in [-0.15, -0.1) is 0 Å². The van der Waals surface area contributed by atoms with Crippen molar-refractivity contribution in [3.8, 4) is 11.6 Å². The van der Waals surface area contributed by atoms with E-state index in [-0.39, 0.29) is 0 Å². The first-order valence-corrected chi connectivity index (χ1v) is 8.01. The number of aromatic nitrogens is 1. The minimum absolute atomic E-state index is 0.572. The fourth-order valence-corrected chi connectivity index (χ4v) is 2.37. The van der Waals surface area contributed by atoms with Crippen molar-refractivity contribution in [1.29, 1.82) is 0 Å². The highest BCUT2D eigenvalue weighted by Crippen LogP contribution is 2.30. The molecule has 0 radical (unpaired) electrons. The first-order valence-electron chi connectivity index (χ1n) is 6.84. The molecule has 0 bridgehead atoms. The van der Waals surface area contributed by atoms with Crippen LogP contribution in [0.2, 0.25) is 5.02 Å². The summed E-state index contributed by atoms with van der Waals surface area (Å²) in [5.74, 6) is 1.78. The molecular formula is C16H18BrClN2O. The lowest BCUT2D eigenvalue weighted by Gasteiger charge is -2.13. The molecule has 0 spiro atoms. The minimum atomic E-state index is 0.572. The molecule has 0 saturated carbocycles. The van der Waals surface area contributed by atoms with Crippen molar-refractivity contribution in [2.45, 2.75) is 20.4 Å². The summed E-state index contributed by atoms with van der Waals surface area (Å²) in [6, 6.07) is 9.39. The molecular weight excluding hydrogens is 352 g/mol. The van der Waals surface area contributed by atoms with Crippen LogP contribution in [0.3, 0.4) is 0 Å². The van der Waals surface area contributed by atoms with Crippen LogP contribution in [0.1, 0.15) is 19.4 Å². The maximum atomic E-state index is 6.13. The number of ether oxygens (including phenoxy) is 1. The van der Waals surface area contributed by atoms with Gasteiger partial charge in [0.1, 0.15) is 5.75 Å². The summed E-state index contributed by atoms with van der Waals surface area (Å²) in [7, 11) is 0. The van der Waals surface area contributed by atoms with Crippen LogP contribution in [0, 0.1) is 5.92 Å². The van der Waals surface area contributed by atoms with Crippen LogP contribution in [0.15, 0.2) is 41.0 Å². The van der Waals surface area contributed by atoms with Crippen molar-refractivity contribution in [3.63, 3.8) is 0 Å². The van der Waals surface area contributed by atoms with Crippen LogP contribution in [0.5, 0.6) is 11.6 Å². The highest BCUT2D eigenvalue weighted by atomic mass is 79.9. The van der Waals surface area contributed by atoms with E-state index in [4.69, 9.17) is 16.3 Å². The molecule has 1 heterocycles. The SMILES string of the molecule is CC(C)CNCc1cc(Br)cnc1Oc1ccccc1Cl. The van der Waals surface area contributed by atoms with Crippen LogP contribution in [0.4, 0.5) is 0 Å². The summed E-state index contributed by atoms with van der Waals surface area (Å²) in [5.41, 5.74) is 0.991. The van der Waals surface area contributed by atoms with Crippen molar-refractivity contribution in [1.82, 2.24) is 10.3 Å². The van der Waals surface area contributed by atoms with E-state index in [2.05, 4.69) is 40.1 Å². The van der Waals surface area contributed by atoms with Crippen molar-refractivity contribution in [2.24, 2.45) is 5.92 Å². The summed E-state index contributed by atoms with van der Waals surface area (Å²) < 4.78 is 6.78. The molecule has 0 fully saturated rings. The maximum absolute atomic E-state index is 6.13. The molecule has 2 aromatic rings. The Hall–Kier alpha value is -1.10. The number of benzene rings is 1. The van der Waals surface area contributed by atoms with E-state index in [1.54, 1.807) is 12.3 Å². The second-order valence-corrected chi connectivity index (χ2v) is 6.50. The van der Waals surface area contributed by atoms with Crippen molar-refractivity contribution >= 4 is 27.5 Å². The van der Waals surface area contributed by atoms with Gasteiger partial charge in [-0.1, -0.05) is 37.6 Å². The lowest BCUT2D eigenvalue weighted by atomic mass is 10.2. The lowest BCUT2D eigenvalue weighted by molar-refractivity contribution is 0.450. The zero-order valence-corrected chi connectivity index (χ0v) is 14.4. The van der Waals surface area contributed by atoms with E-state index in [1.807, 2.05) is 24.3 Å². The van der Waals surface area contributed by atoms with Gasteiger partial charge in [-0.05, 0) is 46.6 Å². The van der Waals surface area contributed by atoms with Crippen LogP contribution >= 0.6 is 27.5 Å². The number of nitrogens with one attached hydrogen (secondary N) is 1. The summed E-state index contributed by atoms with van der Waals surface area (Å²) in [6.45, 7) is 5.99. The first-order chi connectivity index (χ1) is 10.1. The molecule has 0 atom stereocenters. The largest absolute Gasteiger partial charge is 0.437 e. The molecule has 1 N–H and O–H groups in total. The van der Waals surface area contributed by atoms with E-state index in [1.165, 1.54) is 0 Å². The van der Waals surface area contributed by atoms with Crippen LogP contribution in [-0.4, -0.2) is 11.5 Å². The van der Waals surface area contributed by atoms with Gasteiger partial charge in [-0.2, -0.15) is 0 Å². The zero-order valence-electron chi connectivity index (χ0n) is 12.1. The van der Waals surface area contributed by atoms with Crippen LogP contribution < -0.4 is 10.1 Å². The molecule has 0 aliphatic carbocycles. The van der Waals surface area contributed by atoms with Gasteiger partial charge in [0.2, 0.25) is 5.88 Å². The van der Waals surface area contributed by atoms with Gasteiger partial charge >= 0.3 is 0 Å². The van der Waals surface area contributed by atoms with Crippen molar-refractivity contribution in [2.75, 3.05) is 6.54 Å². The van der Waals surface area contributed by atoms with E-state index < -0.39 is 0 Å². The Balaban J connectivity index is 2.16. The Bertz CT molecular complexity index is 605. The molecule has 1 aromatic carbocycles. The van der Waals surface area contributed by atoms with Gasteiger partial charge in [-0.25, -0.2) is 4.98 Å².